The number of nitrogens with one attached hydrogen (secondary N) is 1. The fraction of sp³-hybridized carbons (Fsp3) is 0.250. The molecule has 2 aromatic heterocycles. The lowest BCUT2D eigenvalue weighted by atomic mass is 10.1. The number of para-hydroxylation sites is 1. The van der Waals surface area contributed by atoms with E-state index in [-0.39, 0.29) is 43.7 Å². The Morgan fingerprint density at radius 1 is 1.02 bits per heavy atom. The molecule has 2 heterocycles. The Morgan fingerprint density at radius 2 is 1.76 bits per heavy atom. The number of carbonyl (C=O) groups excluding carboxylic acids is 1. The number of imidazole rings is 1. The van der Waals surface area contributed by atoms with E-state index in [1.54, 1.807) is 66.2 Å². The molecule has 46 heavy (non-hydrogen) atoms. The number of halogens is 1. The number of hydrogen-bond donors (Lipinski definition) is 2. The van der Waals surface area contributed by atoms with Crippen LogP contribution in [0, 0.1) is 5.41 Å². The molecule has 0 aliphatic carbocycles. The number of hydrogen-bond acceptors (Lipinski definition) is 9. The van der Waals surface area contributed by atoms with Crippen molar-refractivity contribution in [2.24, 2.45) is 5.73 Å². The Labute approximate surface area is 273 Å². The minimum atomic E-state index is -4.34. The molecule has 0 aliphatic heterocycles. The van der Waals surface area contributed by atoms with Crippen molar-refractivity contribution in [1.29, 1.82) is 5.41 Å². The molecule has 5 rings (SSSR count). The van der Waals surface area contributed by atoms with E-state index in [1.807, 2.05) is 43.3 Å². The average Bonchev–Trinajstić information content (AvgIpc) is 3.33. The molecule has 14 heteroatoms. The number of nitrogens with two attached hydrogens (primary N) is 1. The highest BCUT2D eigenvalue weighted by molar-refractivity contribution is 7.88. The van der Waals surface area contributed by atoms with E-state index < -0.39 is 16.3 Å². The molecule has 0 radical (unpaired) electrons. The molecule has 0 amide bonds. The maximum atomic E-state index is 13.8. The Balaban J connectivity index is 0.00000480. The van der Waals surface area contributed by atoms with Gasteiger partial charge < -0.3 is 24.1 Å². The molecule has 0 atom stereocenters. The summed E-state index contributed by atoms with van der Waals surface area (Å²) in [5.41, 5.74) is 9.04. The quantitative estimate of drug-likeness (QED) is 0.107. The summed E-state index contributed by atoms with van der Waals surface area (Å²) in [6, 6.07) is 21.1. The van der Waals surface area contributed by atoms with Crippen LogP contribution in [0.25, 0.3) is 21.9 Å². The van der Waals surface area contributed by atoms with Crippen molar-refractivity contribution in [3.63, 3.8) is 0 Å². The van der Waals surface area contributed by atoms with Crippen LogP contribution in [0.5, 0.6) is 5.75 Å². The zero-order valence-electron chi connectivity index (χ0n) is 25.7. The zero-order valence-corrected chi connectivity index (χ0v) is 27.3. The van der Waals surface area contributed by atoms with E-state index in [0.29, 0.717) is 46.6 Å². The van der Waals surface area contributed by atoms with Crippen LogP contribution < -0.4 is 14.2 Å². The molecular weight excluding hydrogens is 630 g/mol. The van der Waals surface area contributed by atoms with Gasteiger partial charge in [-0.05, 0) is 56.9 Å². The summed E-state index contributed by atoms with van der Waals surface area (Å²) in [7, 11) is -0.629. The van der Waals surface area contributed by atoms with E-state index in [1.165, 1.54) is 4.31 Å². The fourth-order valence-corrected chi connectivity index (χ4v) is 6.05. The number of anilines is 1. The third-order valence-electron chi connectivity index (χ3n) is 7.13. The molecule has 242 valence electrons. The van der Waals surface area contributed by atoms with Gasteiger partial charge in [-0.3, -0.25) is 15.2 Å². The highest BCUT2D eigenvalue weighted by Crippen LogP contribution is 2.30. The van der Waals surface area contributed by atoms with Crippen molar-refractivity contribution >= 4 is 62.1 Å². The Kier molecular flexibility index (Phi) is 10.8. The number of fused-ring (bicyclic) bond motifs is 2. The van der Waals surface area contributed by atoms with E-state index in [2.05, 4.69) is 4.98 Å². The lowest BCUT2D eigenvalue weighted by Gasteiger charge is -2.25. The van der Waals surface area contributed by atoms with Gasteiger partial charge in [0, 0.05) is 36.7 Å². The van der Waals surface area contributed by atoms with E-state index in [9.17, 15) is 13.2 Å². The van der Waals surface area contributed by atoms with Crippen molar-refractivity contribution in [3.05, 3.63) is 95.9 Å². The number of nitrogen functional groups attached to an aromatic ring is 1. The smallest absolute Gasteiger partial charge is 0.410 e. The second-order valence-corrected chi connectivity index (χ2v) is 12.1. The predicted molar refractivity (Wildman–Crippen MR) is 181 cm³/mol. The zero-order chi connectivity index (χ0) is 32.1. The third-order valence-corrected chi connectivity index (χ3v) is 8.45. The number of benzene rings is 3. The normalized spacial score (nSPS) is 11.4. The van der Waals surface area contributed by atoms with Gasteiger partial charge in [-0.2, -0.15) is 8.42 Å². The fourth-order valence-electron chi connectivity index (χ4n) is 4.92. The second kappa shape index (κ2) is 14.6. The number of aromatic nitrogens is 3. The van der Waals surface area contributed by atoms with Crippen LogP contribution in [0.3, 0.4) is 0 Å². The molecule has 0 bridgehead atoms. The SMILES string of the molecule is CCOC(=O)Cn1c(Cc2ccc(C(=N)N)cc2)nc2cc(N(CCN(C)C)S(=O)(=O)Oc3cccc4cccnc34)ccc21.Cl. The minimum absolute atomic E-state index is 0. The van der Waals surface area contributed by atoms with Crippen LogP contribution in [0.1, 0.15) is 23.9 Å². The van der Waals surface area contributed by atoms with Gasteiger partial charge in [-0.1, -0.05) is 42.5 Å². The minimum Gasteiger partial charge on any atom is -0.465 e. The molecule has 0 fully saturated rings. The van der Waals surface area contributed by atoms with E-state index in [0.717, 1.165) is 10.9 Å². The van der Waals surface area contributed by atoms with Crippen molar-refractivity contribution in [1.82, 2.24) is 19.4 Å². The predicted octanol–water partition coefficient (Wildman–Crippen LogP) is 4.14. The lowest BCUT2D eigenvalue weighted by molar-refractivity contribution is -0.143. The maximum Gasteiger partial charge on any atom is 0.410 e. The van der Waals surface area contributed by atoms with Crippen LogP contribution in [0.15, 0.2) is 79.0 Å². The summed E-state index contributed by atoms with van der Waals surface area (Å²) < 4.78 is 41.6. The van der Waals surface area contributed by atoms with E-state index in [4.69, 9.17) is 25.0 Å². The van der Waals surface area contributed by atoms with Gasteiger partial charge in [-0.15, -0.1) is 12.4 Å². The molecule has 3 N–H and O–H groups in total. The van der Waals surface area contributed by atoms with E-state index >= 15 is 0 Å². The molecular formula is C32H36ClN7O5S. The lowest BCUT2D eigenvalue weighted by Crippen LogP contribution is -2.39. The van der Waals surface area contributed by atoms with Gasteiger partial charge in [0.2, 0.25) is 0 Å². The van der Waals surface area contributed by atoms with Crippen LogP contribution >= 0.6 is 12.4 Å². The summed E-state index contributed by atoms with van der Waals surface area (Å²) in [5.74, 6) is 0.270. The topological polar surface area (TPSA) is 157 Å². The summed E-state index contributed by atoms with van der Waals surface area (Å²) in [5, 5.41) is 8.40. The number of carbonyl (C=O) groups is 1. The number of esters is 1. The molecule has 0 aliphatic rings. The first-order valence-corrected chi connectivity index (χ1v) is 15.7. The molecule has 0 spiro atoms. The number of rotatable bonds is 13. The van der Waals surface area contributed by atoms with Crippen LogP contribution in [0.4, 0.5) is 5.69 Å². The number of amidine groups is 1. The first kappa shape index (κ1) is 34.2. The van der Waals surface area contributed by atoms with Gasteiger partial charge in [-0.25, -0.2) is 9.29 Å². The summed E-state index contributed by atoms with van der Waals surface area (Å²) in [4.78, 5) is 23.6. The highest BCUT2D eigenvalue weighted by atomic mass is 35.5. The van der Waals surface area contributed by atoms with Crippen LogP contribution in [-0.2, 0) is 32.8 Å². The molecule has 12 nitrogen and oxygen atoms in total. The number of likely N-dealkylation sites (N-methyl/N-ethyl adjacent to an activating group) is 1. The largest absolute Gasteiger partial charge is 0.465 e. The van der Waals surface area contributed by atoms with Crippen molar-refractivity contribution in [3.8, 4) is 5.75 Å². The number of pyridine rings is 1. The standard InChI is InChI=1S/C32H35N7O5S.ClH/c1-4-43-30(40)21-38-27-15-14-25(20-26(27)36-29(38)19-22-10-12-24(13-11-22)32(33)34)39(18-17-37(2)3)45(41,42)44-28-9-5-7-23-8-6-16-35-31(23)28;/h5-16,20H,4,17-19,21H2,1-3H3,(H3,33,34);1H. The first-order valence-electron chi connectivity index (χ1n) is 14.3. The number of ether oxygens (including phenoxy) is 1. The van der Waals surface area contributed by atoms with Crippen molar-refractivity contribution < 1.29 is 22.1 Å². The molecule has 0 unspecified atom stereocenters. The van der Waals surface area contributed by atoms with Gasteiger partial charge in [0.1, 0.15) is 23.7 Å². The molecule has 3 aromatic carbocycles. The first-order chi connectivity index (χ1) is 21.6. The van der Waals surface area contributed by atoms with Crippen molar-refractivity contribution in [2.75, 3.05) is 38.1 Å². The molecule has 0 saturated carbocycles. The molecule has 5 aromatic rings. The average molecular weight is 666 g/mol. The van der Waals surface area contributed by atoms with Gasteiger partial charge in [0.25, 0.3) is 0 Å². The Bertz CT molecular complexity index is 1960. The van der Waals surface area contributed by atoms with Crippen LogP contribution in [-0.4, -0.2) is 73.4 Å². The number of nitrogens with zero attached hydrogens (tertiary/aromatic N) is 5. The summed E-state index contributed by atoms with van der Waals surface area (Å²) >= 11 is 0. The summed E-state index contributed by atoms with van der Waals surface area (Å²) in [6.07, 6.45) is 1.96. The Hall–Kier alpha value is -4.72. The highest BCUT2D eigenvalue weighted by Gasteiger charge is 2.27. The van der Waals surface area contributed by atoms with Gasteiger partial charge in [0.15, 0.2) is 5.75 Å². The Morgan fingerprint density at radius 3 is 2.46 bits per heavy atom. The van der Waals surface area contributed by atoms with Gasteiger partial charge >= 0.3 is 16.3 Å². The monoisotopic (exact) mass is 665 g/mol. The summed E-state index contributed by atoms with van der Waals surface area (Å²) in [6.45, 7) is 2.45. The second-order valence-electron chi connectivity index (χ2n) is 10.6. The van der Waals surface area contributed by atoms with Crippen molar-refractivity contribution in [2.45, 2.75) is 19.9 Å². The van der Waals surface area contributed by atoms with Crippen LogP contribution in [0.2, 0.25) is 0 Å². The maximum absolute atomic E-state index is 13.8. The van der Waals surface area contributed by atoms with Gasteiger partial charge in [0.05, 0.1) is 23.3 Å². The third kappa shape index (κ3) is 7.73. The molecule has 0 saturated heterocycles.